The fourth-order valence-electron chi connectivity index (χ4n) is 2.41. The van der Waals surface area contributed by atoms with Crippen LogP contribution in [0.1, 0.15) is 26.3 Å². The second kappa shape index (κ2) is 8.20. The number of hydrogen-bond acceptors (Lipinski definition) is 4. The lowest BCUT2D eigenvalue weighted by Crippen LogP contribution is -2.24. The van der Waals surface area contributed by atoms with Crippen molar-refractivity contribution in [3.63, 3.8) is 0 Å². The van der Waals surface area contributed by atoms with Crippen LogP contribution in [0, 0.1) is 0 Å². The number of carbonyl (C=O) groups is 2. The molecule has 0 aliphatic rings. The molecule has 0 unspecified atom stereocenters. The van der Waals surface area contributed by atoms with Crippen LogP contribution in [0.25, 0.3) is 0 Å². The number of methoxy groups -OCH3 is 2. The average molecular weight is 396 g/mol. The van der Waals surface area contributed by atoms with Crippen molar-refractivity contribution in [1.82, 2.24) is 4.90 Å². The molecule has 0 atom stereocenters. The standard InChI is InChI=1S/C19H19F3N2O4/c1-24(2)18(26)13-9-15(27-3)16(28-4)10-14(13)23-17(25)11-5-7-12(8-6-11)19(20,21)22/h5-10H,1-4H3,(H,23,25). The van der Waals surface area contributed by atoms with E-state index in [4.69, 9.17) is 9.47 Å². The largest absolute Gasteiger partial charge is 0.493 e. The van der Waals surface area contributed by atoms with Gasteiger partial charge in [-0.3, -0.25) is 9.59 Å². The van der Waals surface area contributed by atoms with Crippen molar-refractivity contribution in [2.75, 3.05) is 33.6 Å². The van der Waals surface area contributed by atoms with Crippen molar-refractivity contribution in [2.45, 2.75) is 6.18 Å². The van der Waals surface area contributed by atoms with Gasteiger partial charge in [0, 0.05) is 25.7 Å². The minimum absolute atomic E-state index is 0.00559. The van der Waals surface area contributed by atoms with Crippen molar-refractivity contribution < 1.29 is 32.2 Å². The van der Waals surface area contributed by atoms with E-state index >= 15 is 0 Å². The Labute approximate surface area is 159 Å². The first-order chi connectivity index (χ1) is 13.1. The molecule has 0 bridgehead atoms. The second-order valence-electron chi connectivity index (χ2n) is 5.98. The number of rotatable bonds is 5. The molecule has 0 heterocycles. The van der Waals surface area contributed by atoms with Gasteiger partial charge in [0.05, 0.1) is 31.0 Å². The Morgan fingerprint density at radius 3 is 1.96 bits per heavy atom. The highest BCUT2D eigenvalue weighted by Crippen LogP contribution is 2.34. The number of carbonyl (C=O) groups excluding carboxylic acids is 2. The summed E-state index contributed by atoms with van der Waals surface area (Å²) in [4.78, 5) is 26.3. The number of hydrogen-bond donors (Lipinski definition) is 1. The molecule has 2 rings (SSSR count). The number of amides is 2. The van der Waals surface area contributed by atoms with Gasteiger partial charge in [-0.1, -0.05) is 0 Å². The van der Waals surface area contributed by atoms with Crippen LogP contribution in [0.4, 0.5) is 18.9 Å². The van der Waals surface area contributed by atoms with Crippen LogP contribution in [0.15, 0.2) is 36.4 Å². The van der Waals surface area contributed by atoms with Crippen molar-refractivity contribution in [2.24, 2.45) is 0 Å². The zero-order chi connectivity index (χ0) is 21.1. The number of nitrogens with one attached hydrogen (secondary N) is 1. The van der Waals surface area contributed by atoms with Gasteiger partial charge in [0.1, 0.15) is 0 Å². The van der Waals surface area contributed by atoms with Gasteiger partial charge < -0.3 is 19.7 Å². The van der Waals surface area contributed by atoms with Crippen molar-refractivity contribution >= 4 is 17.5 Å². The van der Waals surface area contributed by atoms with Crippen LogP contribution in [0.5, 0.6) is 11.5 Å². The average Bonchev–Trinajstić information content (AvgIpc) is 2.66. The highest BCUT2D eigenvalue weighted by molar-refractivity contribution is 6.09. The van der Waals surface area contributed by atoms with Gasteiger partial charge >= 0.3 is 6.18 Å². The Bertz CT molecular complexity index is 878. The van der Waals surface area contributed by atoms with E-state index in [1.54, 1.807) is 14.1 Å². The summed E-state index contributed by atoms with van der Waals surface area (Å²) in [6, 6.07) is 6.59. The van der Waals surface area contributed by atoms with Crippen LogP contribution in [0.2, 0.25) is 0 Å². The maximum Gasteiger partial charge on any atom is 0.416 e. The fourth-order valence-corrected chi connectivity index (χ4v) is 2.41. The van der Waals surface area contributed by atoms with Crippen LogP contribution in [-0.2, 0) is 6.18 Å². The quantitative estimate of drug-likeness (QED) is 0.837. The maximum absolute atomic E-state index is 12.7. The number of ether oxygens (including phenoxy) is 2. The molecule has 0 aliphatic carbocycles. The minimum Gasteiger partial charge on any atom is -0.493 e. The lowest BCUT2D eigenvalue weighted by molar-refractivity contribution is -0.137. The zero-order valence-electron chi connectivity index (χ0n) is 15.7. The highest BCUT2D eigenvalue weighted by Gasteiger charge is 2.30. The monoisotopic (exact) mass is 396 g/mol. The van der Waals surface area contributed by atoms with Gasteiger partial charge in [-0.25, -0.2) is 0 Å². The molecule has 2 amide bonds. The van der Waals surface area contributed by atoms with E-state index in [0.29, 0.717) is 5.75 Å². The van der Waals surface area contributed by atoms with Gasteiger partial charge in [-0.05, 0) is 30.3 Å². The van der Waals surface area contributed by atoms with Crippen LogP contribution in [-0.4, -0.2) is 45.0 Å². The summed E-state index contributed by atoms with van der Waals surface area (Å²) in [7, 11) is 5.88. The number of alkyl halides is 3. The molecule has 0 spiro atoms. The Kier molecular flexibility index (Phi) is 6.17. The van der Waals surface area contributed by atoms with Crippen LogP contribution < -0.4 is 14.8 Å². The van der Waals surface area contributed by atoms with E-state index in [-0.39, 0.29) is 22.6 Å². The molecule has 150 valence electrons. The fraction of sp³-hybridized carbons (Fsp3) is 0.263. The lowest BCUT2D eigenvalue weighted by atomic mass is 10.1. The van der Waals surface area contributed by atoms with E-state index in [2.05, 4.69) is 5.32 Å². The van der Waals surface area contributed by atoms with Crippen LogP contribution in [0.3, 0.4) is 0 Å². The third kappa shape index (κ3) is 4.54. The van der Waals surface area contributed by atoms with E-state index in [1.807, 2.05) is 0 Å². The molecule has 0 fully saturated rings. The van der Waals surface area contributed by atoms with Crippen molar-refractivity contribution in [3.8, 4) is 11.5 Å². The molecule has 0 aromatic heterocycles. The van der Waals surface area contributed by atoms with Crippen molar-refractivity contribution in [3.05, 3.63) is 53.1 Å². The maximum atomic E-state index is 12.7. The third-order valence-electron chi connectivity index (χ3n) is 3.88. The smallest absolute Gasteiger partial charge is 0.416 e. The van der Waals surface area contributed by atoms with Gasteiger partial charge in [0.25, 0.3) is 11.8 Å². The van der Waals surface area contributed by atoms with Gasteiger partial charge in [0.15, 0.2) is 11.5 Å². The van der Waals surface area contributed by atoms with Gasteiger partial charge in [-0.2, -0.15) is 13.2 Å². The summed E-state index contributed by atoms with van der Waals surface area (Å²) >= 11 is 0. The molecule has 1 N–H and O–H groups in total. The second-order valence-corrected chi connectivity index (χ2v) is 5.98. The summed E-state index contributed by atoms with van der Waals surface area (Å²) in [5, 5.41) is 2.54. The molecule has 0 saturated heterocycles. The summed E-state index contributed by atoms with van der Waals surface area (Å²) in [6.45, 7) is 0. The number of anilines is 1. The normalized spacial score (nSPS) is 11.0. The number of benzene rings is 2. The summed E-state index contributed by atoms with van der Waals surface area (Å²) < 4.78 is 48.4. The van der Waals surface area contributed by atoms with Crippen molar-refractivity contribution in [1.29, 1.82) is 0 Å². The molecule has 0 saturated carbocycles. The molecular weight excluding hydrogens is 377 g/mol. The highest BCUT2D eigenvalue weighted by atomic mass is 19.4. The Morgan fingerprint density at radius 1 is 0.964 bits per heavy atom. The summed E-state index contributed by atoms with van der Waals surface area (Å²) in [5.74, 6) is -0.502. The van der Waals surface area contributed by atoms with Gasteiger partial charge in [-0.15, -0.1) is 0 Å². The predicted octanol–water partition coefficient (Wildman–Crippen LogP) is 3.68. The molecule has 9 heteroatoms. The molecular formula is C19H19F3N2O4. The topological polar surface area (TPSA) is 67.9 Å². The molecule has 0 radical (unpaired) electrons. The van der Waals surface area contributed by atoms with Gasteiger partial charge in [0.2, 0.25) is 0 Å². The SMILES string of the molecule is COc1cc(NC(=O)c2ccc(C(F)(F)F)cc2)c(C(=O)N(C)C)cc1OC. The number of halogens is 3. The minimum atomic E-state index is -4.50. The predicted molar refractivity (Wildman–Crippen MR) is 97.0 cm³/mol. The summed E-state index contributed by atoms with van der Waals surface area (Å²) in [5.41, 5.74) is -0.575. The molecule has 2 aromatic carbocycles. The van der Waals surface area contributed by atoms with E-state index in [9.17, 15) is 22.8 Å². The zero-order valence-corrected chi connectivity index (χ0v) is 15.7. The van der Waals surface area contributed by atoms with E-state index < -0.39 is 23.6 Å². The Morgan fingerprint density at radius 2 is 1.50 bits per heavy atom. The molecule has 28 heavy (non-hydrogen) atoms. The molecule has 6 nitrogen and oxygen atoms in total. The molecule has 0 aliphatic heterocycles. The van der Waals surface area contributed by atoms with Crippen LogP contribution >= 0.6 is 0 Å². The third-order valence-corrected chi connectivity index (χ3v) is 3.88. The first-order valence-electron chi connectivity index (χ1n) is 8.04. The summed E-state index contributed by atoms with van der Waals surface area (Å²) in [6.07, 6.45) is -4.50. The first-order valence-corrected chi connectivity index (χ1v) is 8.04. The Balaban J connectivity index is 2.40. The first kappa shape index (κ1) is 21.1. The molecule has 2 aromatic rings. The van der Waals surface area contributed by atoms with E-state index in [1.165, 1.54) is 31.3 Å². The Hall–Kier alpha value is -3.23. The lowest BCUT2D eigenvalue weighted by Gasteiger charge is -2.18. The van der Waals surface area contributed by atoms with E-state index in [0.717, 1.165) is 24.3 Å². The number of nitrogens with zero attached hydrogens (tertiary/aromatic N) is 1.